The molecule has 0 aromatic heterocycles. The molecule has 1 aromatic carbocycles. The number of benzene rings is 1. The van der Waals surface area contributed by atoms with Gasteiger partial charge < -0.3 is 15.2 Å². The van der Waals surface area contributed by atoms with Gasteiger partial charge in [-0.3, -0.25) is 14.9 Å². The molecule has 0 aliphatic carbocycles. The molecule has 0 saturated carbocycles. The number of carboxylic acids is 1. The summed E-state index contributed by atoms with van der Waals surface area (Å²) in [6, 6.07) is 1.92. The van der Waals surface area contributed by atoms with E-state index in [1.165, 1.54) is 7.11 Å². The van der Waals surface area contributed by atoms with Crippen LogP contribution in [-0.4, -0.2) is 36.2 Å². The molecule has 0 bridgehead atoms. The Bertz CT molecular complexity index is 581. The quantitative estimate of drug-likeness (QED) is 0.646. The molecule has 2 atom stereocenters. The number of carboxylic acid groups (broad SMARTS) is 1. The van der Waals surface area contributed by atoms with Gasteiger partial charge >= 0.3 is 5.97 Å². The minimum absolute atomic E-state index is 0. The summed E-state index contributed by atoms with van der Waals surface area (Å²) in [7, 11) is 1.49. The number of amides is 1. The van der Waals surface area contributed by atoms with Crippen LogP contribution in [-0.2, 0) is 9.59 Å². The van der Waals surface area contributed by atoms with E-state index in [0.717, 1.165) is 5.56 Å². The van der Waals surface area contributed by atoms with Crippen molar-refractivity contribution in [3.8, 4) is 5.75 Å². The van der Waals surface area contributed by atoms with Crippen molar-refractivity contribution in [1.29, 1.82) is 0 Å². The summed E-state index contributed by atoms with van der Waals surface area (Å²) < 4.78 is 5.21. The third kappa shape index (κ3) is 6.19. The van der Waals surface area contributed by atoms with Crippen molar-refractivity contribution in [2.24, 2.45) is 0 Å². The molecule has 6 nitrogen and oxygen atoms in total. The van der Waals surface area contributed by atoms with E-state index in [2.05, 4.69) is 10.6 Å². The fraction of sp³-hybridized carbons (Fsp3) is 0.500. The van der Waals surface area contributed by atoms with E-state index in [4.69, 9.17) is 21.4 Å². The Morgan fingerprint density at radius 1 is 1.38 bits per heavy atom. The van der Waals surface area contributed by atoms with Crippen molar-refractivity contribution >= 4 is 41.6 Å². The number of hydrogen-bond donors (Lipinski definition) is 3. The topological polar surface area (TPSA) is 87.7 Å². The Hall–Kier alpha value is -1.50. The van der Waals surface area contributed by atoms with Gasteiger partial charge in [-0.05, 0) is 31.9 Å². The highest BCUT2D eigenvalue weighted by Crippen LogP contribution is 2.30. The Morgan fingerprint density at radius 2 is 2.00 bits per heavy atom. The normalized spacial score (nSPS) is 12.7. The second kappa shape index (κ2) is 10.4. The number of ether oxygens (including phenoxy) is 1. The molecule has 0 saturated heterocycles. The Balaban J connectivity index is 0.00000529. The lowest BCUT2D eigenvalue weighted by molar-refractivity contribution is -0.140. The van der Waals surface area contributed by atoms with Crippen molar-refractivity contribution in [2.45, 2.75) is 45.7 Å². The van der Waals surface area contributed by atoms with Gasteiger partial charge in [-0.25, -0.2) is 0 Å². The molecule has 0 spiro atoms. The summed E-state index contributed by atoms with van der Waals surface area (Å²) in [4.78, 5) is 23.4. The van der Waals surface area contributed by atoms with Gasteiger partial charge in [0, 0.05) is 11.1 Å². The van der Waals surface area contributed by atoms with Gasteiger partial charge in [0.25, 0.3) is 0 Å². The van der Waals surface area contributed by atoms with E-state index >= 15 is 0 Å². The van der Waals surface area contributed by atoms with Crippen molar-refractivity contribution in [3.05, 3.63) is 22.7 Å². The largest absolute Gasteiger partial charge is 0.495 e. The number of carbonyl (C=O) groups excluding carboxylic acids is 1. The molecule has 0 fully saturated rings. The van der Waals surface area contributed by atoms with Crippen molar-refractivity contribution in [3.63, 3.8) is 0 Å². The number of hydrogen-bond acceptors (Lipinski definition) is 4. The number of halogens is 2. The van der Waals surface area contributed by atoms with Gasteiger partial charge in [0.1, 0.15) is 11.8 Å². The summed E-state index contributed by atoms with van der Waals surface area (Å²) in [6.07, 6.45) is 1.17. The zero-order valence-electron chi connectivity index (χ0n) is 14.2. The number of anilines is 1. The molecule has 0 radical (unpaired) electrons. The second-order valence-electron chi connectivity index (χ2n) is 5.36. The molecule has 0 heterocycles. The van der Waals surface area contributed by atoms with Gasteiger partial charge in [-0.2, -0.15) is 0 Å². The first-order valence-electron chi connectivity index (χ1n) is 7.44. The smallest absolute Gasteiger partial charge is 0.320 e. The van der Waals surface area contributed by atoms with E-state index in [9.17, 15) is 9.59 Å². The fourth-order valence-corrected chi connectivity index (χ4v) is 2.27. The average molecular weight is 379 g/mol. The number of carbonyl (C=O) groups is 2. The molecular weight excluding hydrogens is 355 g/mol. The van der Waals surface area contributed by atoms with Crippen molar-refractivity contribution in [1.82, 2.24) is 5.32 Å². The first-order chi connectivity index (χ1) is 10.8. The van der Waals surface area contributed by atoms with Crippen LogP contribution >= 0.6 is 24.0 Å². The lowest BCUT2D eigenvalue weighted by Gasteiger charge is -2.20. The molecule has 0 aliphatic heterocycles. The zero-order chi connectivity index (χ0) is 17.6. The third-order valence-electron chi connectivity index (χ3n) is 3.46. The van der Waals surface area contributed by atoms with Crippen LogP contribution in [0.5, 0.6) is 5.75 Å². The fourth-order valence-electron chi connectivity index (χ4n) is 2.12. The van der Waals surface area contributed by atoms with E-state index in [1.807, 2.05) is 13.8 Å². The molecule has 24 heavy (non-hydrogen) atoms. The van der Waals surface area contributed by atoms with Crippen LogP contribution in [0.1, 0.15) is 32.3 Å². The van der Waals surface area contributed by atoms with Gasteiger partial charge in [0.05, 0.1) is 18.8 Å². The highest BCUT2D eigenvalue weighted by atomic mass is 35.5. The average Bonchev–Trinajstić information content (AvgIpc) is 2.49. The predicted molar refractivity (Wildman–Crippen MR) is 97.5 cm³/mol. The van der Waals surface area contributed by atoms with Gasteiger partial charge in [0.15, 0.2) is 0 Å². The predicted octanol–water partition coefficient (Wildman–Crippen LogP) is 3.25. The highest BCUT2D eigenvalue weighted by Gasteiger charge is 2.23. The first-order valence-corrected chi connectivity index (χ1v) is 7.81. The summed E-state index contributed by atoms with van der Waals surface area (Å²) >= 11 is 6.03. The number of methoxy groups -OCH3 is 1. The van der Waals surface area contributed by atoms with E-state index in [-0.39, 0.29) is 18.3 Å². The molecular formula is C16H24Cl2N2O4. The highest BCUT2D eigenvalue weighted by molar-refractivity contribution is 6.31. The van der Waals surface area contributed by atoms with E-state index in [0.29, 0.717) is 29.3 Å². The molecule has 1 aromatic rings. The molecule has 3 N–H and O–H groups in total. The minimum Gasteiger partial charge on any atom is -0.495 e. The summed E-state index contributed by atoms with van der Waals surface area (Å²) in [5.74, 6) is -0.858. The van der Waals surface area contributed by atoms with Crippen molar-refractivity contribution < 1.29 is 19.4 Å². The molecule has 8 heteroatoms. The van der Waals surface area contributed by atoms with E-state index in [1.54, 1.807) is 19.1 Å². The number of nitrogens with one attached hydrogen (secondary N) is 2. The molecule has 0 aliphatic rings. The summed E-state index contributed by atoms with van der Waals surface area (Å²) in [6.45, 7) is 5.33. The maximum atomic E-state index is 12.3. The van der Waals surface area contributed by atoms with Crippen LogP contribution in [0.25, 0.3) is 0 Å². The standard InChI is InChI=1S/C16H23ClN2O4.ClH/c1-5-6-12(16(21)22)18-10(3)15(20)19-13-7-9(2)11(17)8-14(13)23-4;/h7-8,10,12,18H,5-6H2,1-4H3,(H,19,20)(H,21,22);1H. The van der Waals surface area contributed by atoms with Crippen LogP contribution in [0.2, 0.25) is 5.02 Å². The Labute approximate surface area is 153 Å². The van der Waals surface area contributed by atoms with Crippen LogP contribution in [0.4, 0.5) is 5.69 Å². The molecule has 1 amide bonds. The summed E-state index contributed by atoms with van der Waals surface area (Å²) in [5, 5.41) is 15.2. The third-order valence-corrected chi connectivity index (χ3v) is 3.87. The van der Waals surface area contributed by atoms with E-state index < -0.39 is 18.1 Å². The lowest BCUT2D eigenvalue weighted by atomic mass is 10.1. The van der Waals surface area contributed by atoms with Gasteiger partial charge in [0.2, 0.25) is 5.91 Å². The van der Waals surface area contributed by atoms with Crippen LogP contribution in [0.15, 0.2) is 12.1 Å². The van der Waals surface area contributed by atoms with Gasteiger partial charge in [-0.15, -0.1) is 12.4 Å². The molecule has 136 valence electrons. The van der Waals surface area contributed by atoms with Crippen molar-refractivity contribution in [2.75, 3.05) is 12.4 Å². The first kappa shape index (κ1) is 22.5. The lowest BCUT2D eigenvalue weighted by Crippen LogP contribution is -2.47. The molecule has 1 rings (SSSR count). The SMILES string of the molecule is CCCC(NC(C)C(=O)Nc1cc(C)c(Cl)cc1OC)C(=O)O.Cl. The summed E-state index contributed by atoms with van der Waals surface area (Å²) in [5.41, 5.74) is 1.30. The van der Waals surface area contributed by atoms with Crippen LogP contribution in [0.3, 0.4) is 0 Å². The number of aryl methyl sites for hydroxylation is 1. The van der Waals surface area contributed by atoms with Gasteiger partial charge in [-0.1, -0.05) is 24.9 Å². The maximum absolute atomic E-state index is 12.3. The van der Waals surface area contributed by atoms with Crippen LogP contribution in [0, 0.1) is 6.92 Å². The zero-order valence-corrected chi connectivity index (χ0v) is 15.8. The Kier molecular flexibility index (Phi) is 9.73. The Morgan fingerprint density at radius 3 is 2.50 bits per heavy atom. The molecule has 2 unspecified atom stereocenters. The number of aliphatic carboxylic acids is 1. The number of rotatable bonds is 8. The van der Waals surface area contributed by atoms with Crippen LogP contribution < -0.4 is 15.4 Å². The monoisotopic (exact) mass is 378 g/mol. The second-order valence-corrected chi connectivity index (χ2v) is 5.77. The minimum atomic E-state index is -0.966. The maximum Gasteiger partial charge on any atom is 0.320 e.